The molecule has 1 atom stereocenters. The molecule has 2 heterocycles. The van der Waals surface area contributed by atoms with E-state index in [0.29, 0.717) is 56.4 Å². The molecule has 3 aromatic carbocycles. The van der Waals surface area contributed by atoms with Gasteiger partial charge in [-0.25, -0.2) is 4.68 Å². The molecular weight excluding hydrogens is 730 g/mol. The van der Waals surface area contributed by atoms with Crippen molar-refractivity contribution in [3.63, 3.8) is 0 Å². The average Bonchev–Trinajstić information content (AvgIpc) is 3.70. The molecule has 13 heteroatoms. The number of carbonyl (C=O) groups is 1. The van der Waals surface area contributed by atoms with Crippen molar-refractivity contribution in [1.29, 1.82) is 0 Å². The first kappa shape index (κ1) is 38.3. The van der Waals surface area contributed by atoms with E-state index in [9.17, 15) is 9.59 Å². The molecule has 0 bridgehead atoms. The topological polar surface area (TPSA) is 117 Å². The molecule has 0 aliphatic rings. The molecule has 0 radical (unpaired) electrons. The molecule has 0 aliphatic heterocycles. The Kier molecular flexibility index (Phi) is 11.6. The third-order valence-corrected chi connectivity index (χ3v) is 10.7. The van der Waals surface area contributed by atoms with Gasteiger partial charge in [-0.1, -0.05) is 107 Å². The second-order valence-corrected chi connectivity index (χ2v) is 15.4. The molecule has 0 saturated heterocycles. The van der Waals surface area contributed by atoms with Crippen LogP contribution in [0.4, 0.5) is 17.2 Å². The third-order valence-electron chi connectivity index (χ3n) is 9.53. The first-order chi connectivity index (χ1) is 24.1. The lowest BCUT2D eigenvalue weighted by Crippen LogP contribution is -2.33. The van der Waals surface area contributed by atoms with Crippen LogP contribution in [-0.4, -0.2) is 32.0 Å². The van der Waals surface area contributed by atoms with Gasteiger partial charge in [-0.05, 0) is 72.1 Å². The van der Waals surface area contributed by atoms with Crippen LogP contribution in [0.2, 0.25) is 20.1 Å². The van der Waals surface area contributed by atoms with E-state index in [1.54, 1.807) is 30.3 Å². The SMILES string of the molecule is CCC(Oc1ccc(C(C)(C)CC)cc1C(C)(C)CC)C(=O)Nc1ccc(Cl)c(Nc2cc(=O)n(-c3cn[nH]c3-c3c(Cl)cc(Cl)cc3Cl)[nH]2)c1. The van der Waals surface area contributed by atoms with Crippen molar-refractivity contribution in [3.8, 4) is 22.7 Å². The summed E-state index contributed by atoms with van der Waals surface area (Å²) in [5, 5.41) is 17.4. The zero-order chi connectivity index (χ0) is 37.2. The number of halogens is 4. The number of hydrogen-bond acceptors (Lipinski definition) is 5. The predicted molar refractivity (Wildman–Crippen MR) is 210 cm³/mol. The van der Waals surface area contributed by atoms with E-state index < -0.39 is 6.10 Å². The minimum absolute atomic E-state index is 0.0107. The van der Waals surface area contributed by atoms with Gasteiger partial charge in [0.25, 0.3) is 11.5 Å². The van der Waals surface area contributed by atoms with E-state index in [1.807, 2.05) is 13.0 Å². The monoisotopic (exact) mass is 770 g/mol. The number of aromatic nitrogens is 4. The van der Waals surface area contributed by atoms with Gasteiger partial charge in [0, 0.05) is 27.9 Å². The number of H-pyrrole nitrogens is 2. The summed E-state index contributed by atoms with van der Waals surface area (Å²) in [6.07, 6.45) is 3.09. The quantitative estimate of drug-likeness (QED) is 0.0951. The average molecular weight is 773 g/mol. The van der Waals surface area contributed by atoms with Gasteiger partial charge < -0.3 is 15.4 Å². The van der Waals surface area contributed by atoms with Crippen LogP contribution in [0, 0.1) is 0 Å². The van der Waals surface area contributed by atoms with Crippen molar-refractivity contribution in [2.75, 3.05) is 10.6 Å². The summed E-state index contributed by atoms with van der Waals surface area (Å²) in [6.45, 7) is 15.1. The van der Waals surface area contributed by atoms with Crippen molar-refractivity contribution in [2.45, 2.75) is 84.7 Å². The predicted octanol–water partition coefficient (Wildman–Crippen LogP) is 11.1. The van der Waals surface area contributed by atoms with Gasteiger partial charge in [-0.15, -0.1) is 0 Å². The lowest BCUT2D eigenvalue weighted by atomic mass is 9.76. The van der Waals surface area contributed by atoms with Crippen LogP contribution in [0.15, 0.2) is 65.6 Å². The number of hydrogen-bond donors (Lipinski definition) is 4. The van der Waals surface area contributed by atoms with Crippen LogP contribution in [0.25, 0.3) is 16.9 Å². The fourth-order valence-corrected chi connectivity index (χ4v) is 6.74. The van der Waals surface area contributed by atoms with E-state index in [0.717, 1.165) is 18.4 Å². The Balaban J connectivity index is 1.36. The minimum atomic E-state index is -0.745. The highest BCUT2D eigenvalue weighted by Gasteiger charge is 2.29. The largest absolute Gasteiger partial charge is 0.480 e. The second-order valence-electron chi connectivity index (χ2n) is 13.7. The number of aromatic amines is 2. The Morgan fingerprint density at radius 3 is 2.24 bits per heavy atom. The van der Waals surface area contributed by atoms with Crippen molar-refractivity contribution < 1.29 is 9.53 Å². The lowest BCUT2D eigenvalue weighted by Gasteiger charge is -2.31. The molecule has 2 aromatic heterocycles. The van der Waals surface area contributed by atoms with E-state index in [1.165, 1.54) is 22.5 Å². The van der Waals surface area contributed by atoms with Crippen LogP contribution in [0.1, 0.15) is 78.9 Å². The maximum absolute atomic E-state index is 13.6. The van der Waals surface area contributed by atoms with Crippen LogP contribution >= 0.6 is 46.4 Å². The molecule has 1 amide bonds. The summed E-state index contributed by atoms with van der Waals surface area (Å²) < 4.78 is 7.74. The van der Waals surface area contributed by atoms with Crippen LogP contribution in [0.3, 0.4) is 0 Å². The maximum Gasteiger partial charge on any atom is 0.273 e. The third kappa shape index (κ3) is 8.28. The summed E-state index contributed by atoms with van der Waals surface area (Å²) in [7, 11) is 0. The summed E-state index contributed by atoms with van der Waals surface area (Å²) in [4.78, 5) is 26.8. The van der Waals surface area contributed by atoms with Crippen LogP contribution < -0.4 is 20.9 Å². The van der Waals surface area contributed by atoms with E-state index in [-0.39, 0.29) is 32.3 Å². The molecule has 0 saturated carbocycles. The number of nitrogens with zero attached hydrogens (tertiary/aromatic N) is 2. The minimum Gasteiger partial charge on any atom is -0.480 e. The number of amides is 1. The first-order valence-corrected chi connectivity index (χ1v) is 18.3. The highest BCUT2D eigenvalue weighted by Crippen LogP contribution is 2.40. The van der Waals surface area contributed by atoms with Crippen molar-refractivity contribution in [1.82, 2.24) is 20.0 Å². The first-order valence-electron chi connectivity index (χ1n) is 16.8. The van der Waals surface area contributed by atoms with Crippen molar-refractivity contribution in [2.24, 2.45) is 0 Å². The highest BCUT2D eigenvalue weighted by molar-refractivity contribution is 6.41. The summed E-state index contributed by atoms with van der Waals surface area (Å²) >= 11 is 25.6. The van der Waals surface area contributed by atoms with Crippen LogP contribution in [-0.2, 0) is 15.6 Å². The Hall–Kier alpha value is -3.89. The summed E-state index contributed by atoms with van der Waals surface area (Å²) in [5.41, 5.74) is 3.97. The van der Waals surface area contributed by atoms with Gasteiger partial charge in [-0.2, -0.15) is 5.10 Å². The molecule has 4 N–H and O–H groups in total. The fraction of sp³-hybridized carbons (Fsp3) is 0.342. The molecular formula is C38H42Cl4N6O3. The van der Waals surface area contributed by atoms with Crippen molar-refractivity contribution >= 4 is 69.5 Å². The Morgan fingerprint density at radius 2 is 1.59 bits per heavy atom. The number of anilines is 3. The molecule has 9 nitrogen and oxygen atoms in total. The fourth-order valence-electron chi connectivity index (χ4n) is 5.57. The molecule has 51 heavy (non-hydrogen) atoms. The van der Waals surface area contributed by atoms with E-state index >= 15 is 0 Å². The Morgan fingerprint density at radius 1 is 0.902 bits per heavy atom. The van der Waals surface area contributed by atoms with Gasteiger partial charge in [0.1, 0.15) is 17.3 Å². The molecule has 270 valence electrons. The summed E-state index contributed by atoms with van der Waals surface area (Å²) in [5.74, 6) is 0.740. The second kappa shape index (κ2) is 15.4. The lowest BCUT2D eigenvalue weighted by molar-refractivity contribution is -0.122. The molecule has 0 aliphatic carbocycles. The zero-order valence-corrected chi connectivity index (χ0v) is 32.6. The normalized spacial score (nSPS) is 12.5. The number of carbonyl (C=O) groups excluding carboxylic acids is 1. The molecule has 5 aromatic rings. The van der Waals surface area contributed by atoms with Gasteiger partial charge in [-0.3, -0.25) is 19.8 Å². The highest BCUT2D eigenvalue weighted by atomic mass is 35.5. The van der Waals surface area contributed by atoms with E-state index in [2.05, 4.69) is 79.6 Å². The Bertz CT molecular complexity index is 2090. The summed E-state index contributed by atoms with van der Waals surface area (Å²) in [6, 6.07) is 15.9. The smallest absolute Gasteiger partial charge is 0.273 e. The molecule has 1 unspecified atom stereocenters. The molecule has 0 spiro atoms. The van der Waals surface area contributed by atoms with Gasteiger partial charge in [0.05, 0.1) is 32.6 Å². The van der Waals surface area contributed by atoms with Gasteiger partial charge in [0.2, 0.25) is 0 Å². The maximum atomic E-state index is 13.6. The van der Waals surface area contributed by atoms with Gasteiger partial charge >= 0.3 is 0 Å². The molecule has 0 fully saturated rings. The van der Waals surface area contributed by atoms with Crippen molar-refractivity contribution in [3.05, 3.63) is 102 Å². The standard InChI is InChI=1S/C38H42Cl4N6O3/c1-8-30(51-31-14-11-21(37(4,5)9-2)15-24(31)38(6,7)10-3)36(50)44-23-12-13-25(40)28(18-23)45-32-19-33(49)48(47-32)29-20-43-46-35(29)34-26(41)16-22(39)17-27(34)42/h11-20,30,45,47H,8-10H2,1-7H3,(H,43,46)(H,44,50). The number of nitrogens with one attached hydrogen (secondary N) is 4. The Labute approximate surface area is 318 Å². The molecule has 5 rings (SSSR count). The van der Waals surface area contributed by atoms with Crippen LogP contribution in [0.5, 0.6) is 5.75 Å². The zero-order valence-electron chi connectivity index (χ0n) is 29.6. The number of benzene rings is 3. The van der Waals surface area contributed by atoms with Gasteiger partial charge in [0.15, 0.2) is 6.10 Å². The number of ether oxygens (including phenoxy) is 1. The number of rotatable bonds is 13. The van der Waals surface area contributed by atoms with E-state index in [4.69, 9.17) is 51.1 Å².